The minimum atomic E-state index is -0.997. The highest BCUT2D eigenvalue weighted by atomic mass is 32.2. The number of rotatable bonds is 1. The first kappa shape index (κ1) is 8.94. The van der Waals surface area contributed by atoms with Crippen molar-refractivity contribution >= 4 is 23.6 Å². The highest BCUT2D eigenvalue weighted by Gasteiger charge is 2.33. The van der Waals surface area contributed by atoms with Crippen LogP contribution >= 0.6 is 11.8 Å². The molecule has 1 aliphatic rings. The summed E-state index contributed by atoms with van der Waals surface area (Å²) in [6.45, 7) is 0. The van der Waals surface area contributed by atoms with Crippen molar-refractivity contribution in [3.05, 3.63) is 0 Å². The fraction of sp³-hybridized carbons (Fsp3) is 0.429. The lowest BCUT2D eigenvalue weighted by Gasteiger charge is -2.16. The summed E-state index contributed by atoms with van der Waals surface area (Å²) in [5.74, 6) is 1.15. The number of aliphatic carboxylic acids is 1. The van der Waals surface area contributed by atoms with E-state index in [4.69, 9.17) is 11.5 Å². The number of carbonyl (C=O) groups excluding carboxylic acids is 1. The Kier molecular flexibility index (Phi) is 2.61. The average molecular weight is 185 g/mol. The van der Waals surface area contributed by atoms with Crippen molar-refractivity contribution in [1.82, 2.24) is 4.90 Å². The summed E-state index contributed by atoms with van der Waals surface area (Å²) in [6, 6.07) is -0.751. The van der Waals surface area contributed by atoms with Gasteiger partial charge in [0.15, 0.2) is 0 Å². The number of thioether (sulfide) groups is 1. The Morgan fingerprint density at radius 2 is 2.33 bits per heavy atom. The predicted octanol–water partition coefficient (Wildman–Crippen LogP) is -0.394. The number of amides is 1. The maximum atomic E-state index is 10.9. The summed E-state index contributed by atoms with van der Waals surface area (Å²) in [6.07, 6.45) is 4.87. The molecule has 0 spiro atoms. The van der Waals surface area contributed by atoms with Crippen molar-refractivity contribution in [2.45, 2.75) is 6.04 Å². The molecule has 64 valence electrons. The van der Waals surface area contributed by atoms with Crippen LogP contribution in [0.3, 0.4) is 0 Å². The molecule has 0 aromatic rings. The van der Waals surface area contributed by atoms with Crippen LogP contribution in [0.1, 0.15) is 0 Å². The van der Waals surface area contributed by atoms with E-state index in [1.54, 1.807) is 0 Å². The molecule has 12 heavy (non-hydrogen) atoms. The number of terminal acetylenes is 1. The van der Waals surface area contributed by atoms with Crippen LogP contribution < -0.4 is 0 Å². The van der Waals surface area contributed by atoms with Gasteiger partial charge in [0.05, 0.1) is 5.88 Å². The van der Waals surface area contributed by atoms with Gasteiger partial charge in [-0.2, -0.15) is 0 Å². The van der Waals surface area contributed by atoms with E-state index in [0.29, 0.717) is 11.6 Å². The molecule has 5 heteroatoms. The molecular weight excluding hydrogens is 178 g/mol. The number of hydrogen-bond donors (Lipinski definition) is 1. The third-order valence-corrected chi connectivity index (χ3v) is 2.56. The van der Waals surface area contributed by atoms with Crippen LogP contribution in [0.5, 0.6) is 0 Å². The molecular formula is C7H7NO3S. The van der Waals surface area contributed by atoms with Crippen LogP contribution in [0, 0.1) is 12.3 Å². The van der Waals surface area contributed by atoms with E-state index in [1.807, 2.05) is 5.92 Å². The van der Waals surface area contributed by atoms with Gasteiger partial charge in [0.25, 0.3) is 5.91 Å². The van der Waals surface area contributed by atoms with Crippen molar-refractivity contribution in [2.75, 3.05) is 11.6 Å². The maximum absolute atomic E-state index is 10.9. The standard InChI is InChI=1S/C7H7NO3S/c1-2-6(9)8-4-12-3-5(8)7(10)11/h1,5H,3-4H2,(H,10,11). The van der Waals surface area contributed by atoms with Gasteiger partial charge in [-0.25, -0.2) is 4.79 Å². The summed E-state index contributed by atoms with van der Waals surface area (Å²) in [7, 11) is 0. The second-order valence-electron chi connectivity index (χ2n) is 2.27. The summed E-state index contributed by atoms with van der Waals surface area (Å²) < 4.78 is 0. The monoisotopic (exact) mass is 185 g/mol. The van der Waals surface area contributed by atoms with E-state index in [2.05, 4.69) is 0 Å². The fourth-order valence-corrected chi connectivity index (χ4v) is 2.08. The Morgan fingerprint density at radius 1 is 1.67 bits per heavy atom. The molecule has 0 aromatic carbocycles. The first-order valence-electron chi connectivity index (χ1n) is 3.24. The molecule has 0 aromatic heterocycles. The first-order valence-corrected chi connectivity index (χ1v) is 4.40. The minimum absolute atomic E-state index is 0.375. The number of carboxylic acids is 1. The molecule has 1 N–H and O–H groups in total. The predicted molar refractivity (Wildman–Crippen MR) is 44.4 cm³/mol. The lowest BCUT2D eigenvalue weighted by Crippen LogP contribution is -2.41. The molecule has 1 amide bonds. The van der Waals surface area contributed by atoms with Crippen molar-refractivity contribution in [2.24, 2.45) is 0 Å². The Morgan fingerprint density at radius 3 is 2.83 bits per heavy atom. The van der Waals surface area contributed by atoms with Gasteiger partial charge in [0.1, 0.15) is 6.04 Å². The van der Waals surface area contributed by atoms with Crippen LogP contribution in [-0.2, 0) is 9.59 Å². The van der Waals surface area contributed by atoms with Gasteiger partial charge in [-0.05, 0) is 5.92 Å². The third kappa shape index (κ3) is 1.53. The normalized spacial score (nSPS) is 21.9. The molecule has 0 bridgehead atoms. The fourth-order valence-electron chi connectivity index (χ4n) is 0.930. The van der Waals surface area contributed by atoms with E-state index in [9.17, 15) is 9.59 Å². The quantitative estimate of drug-likeness (QED) is 0.565. The second kappa shape index (κ2) is 3.50. The van der Waals surface area contributed by atoms with E-state index >= 15 is 0 Å². The summed E-state index contributed by atoms with van der Waals surface area (Å²) in [5, 5.41) is 8.65. The highest BCUT2D eigenvalue weighted by molar-refractivity contribution is 7.99. The van der Waals surface area contributed by atoms with E-state index in [-0.39, 0.29) is 0 Å². The summed E-state index contributed by atoms with van der Waals surface area (Å²) >= 11 is 1.39. The van der Waals surface area contributed by atoms with Crippen LogP contribution in [0.15, 0.2) is 0 Å². The SMILES string of the molecule is C#CC(=O)N1CSCC1C(=O)O. The maximum Gasteiger partial charge on any atom is 0.327 e. The Labute approximate surface area is 73.9 Å². The Balaban J connectivity index is 2.72. The van der Waals surface area contributed by atoms with Gasteiger partial charge in [-0.1, -0.05) is 0 Å². The van der Waals surface area contributed by atoms with E-state index in [0.717, 1.165) is 0 Å². The first-order chi connectivity index (χ1) is 5.66. The molecule has 1 aliphatic heterocycles. The summed E-state index contributed by atoms with van der Waals surface area (Å²) in [5.41, 5.74) is 0. The average Bonchev–Trinajstić information content (AvgIpc) is 2.50. The molecule has 1 fully saturated rings. The second-order valence-corrected chi connectivity index (χ2v) is 3.27. The molecule has 0 radical (unpaired) electrons. The molecule has 1 rings (SSSR count). The number of hydrogen-bond acceptors (Lipinski definition) is 3. The van der Waals surface area contributed by atoms with Gasteiger partial charge >= 0.3 is 5.97 Å². The molecule has 1 saturated heterocycles. The molecule has 4 nitrogen and oxygen atoms in total. The van der Waals surface area contributed by atoms with Crippen molar-refractivity contribution in [1.29, 1.82) is 0 Å². The largest absolute Gasteiger partial charge is 0.480 e. The van der Waals surface area contributed by atoms with Crippen LogP contribution in [-0.4, -0.2) is 39.6 Å². The van der Waals surface area contributed by atoms with E-state index < -0.39 is 17.9 Å². The van der Waals surface area contributed by atoms with Crippen LogP contribution in [0.4, 0.5) is 0 Å². The molecule has 1 atom stereocenters. The third-order valence-electron chi connectivity index (χ3n) is 1.55. The lowest BCUT2D eigenvalue weighted by atomic mass is 10.3. The molecule has 1 heterocycles. The van der Waals surface area contributed by atoms with Gasteiger partial charge in [0, 0.05) is 5.75 Å². The highest BCUT2D eigenvalue weighted by Crippen LogP contribution is 2.20. The number of nitrogens with zero attached hydrogens (tertiary/aromatic N) is 1. The zero-order valence-corrected chi connectivity index (χ0v) is 7.00. The topological polar surface area (TPSA) is 57.6 Å². The Hall–Kier alpha value is -1.15. The molecule has 0 aliphatic carbocycles. The zero-order chi connectivity index (χ0) is 9.14. The van der Waals surface area contributed by atoms with Gasteiger partial charge in [0.2, 0.25) is 0 Å². The number of carboxylic acid groups (broad SMARTS) is 1. The van der Waals surface area contributed by atoms with Crippen LogP contribution in [0.2, 0.25) is 0 Å². The van der Waals surface area contributed by atoms with Crippen molar-refractivity contribution in [3.8, 4) is 12.3 Å². The summed E-state index contributed by atoms with van der Waals surface area (Å²) in [4.78, 5) is 22.7. The van der Waals surface area contributed by atoms with Crippen molar-refractivity contribution < 1.29 is 14.7 Å². The van der Waals surface area contributed by atoms with Crippen molar-refractivity contribution in [3.63, 3.8) is 0 Å². The molecule has 0 saturated carbocycles. The smallest absolute Gasteiger partial charge is 0.327 e. The molecule has 1 unspecified atom stereocenters. The van der Waals surface area contributed by atoms with E-state index in [1.165, 1.54) is 16.7 Å². The zero-order valence-electron chi connectivity index (χ0n) is 6.19. The van der Waals surface area contributed by atoms with Gasteiger partial charge < -0.3 is 10.0 Å². The van der Waals surface area contributed by atoms with Gasteiger partial charge in [-0.3, -0.25) is 4.79 Å². The Bertz CT molecular complexity index is 258. The van der Waals surface area contributed by atoms with Crippen LogP contribution in [0.25, 0.3) is 0 Å². The van der Waals surface area contributed by atoms with Gasteiger partial charge in [-0.15, -0.1) is 18.2 Å². The minimum Gasteiger partial charge on any atom is -0.480 e. The number of carbonyl (C=O) groups is 2. The lowest BCUT2D eigenvalue weighted by molar-refractivity contribution is -0.145.